The zero-order chi connectivity index (χ0) is 17.3. The van der Waals surface area contributed by atoms with E-state index in [9.17, 15) is 4.79 Å². The van der Waals surface area contributed by atoms with E-state index in [4.69, 9.17) is 21.1 Å². The predicted molar refractivity (Wildman–Crippen MR) is 91.3 cm³/mol. The number of methoxy groups -OCH3 is 2. The lowest BCUT2D eigenvalue weighted by Gasteiger charge is -2.13. The molecule has 2 heterocycles. The van der Waals surface area contributed by atoms with Crippen LogP contribution in [0.3, 0.4) is 0 Å². The zero-order valence-corrected chi connectivity index (χ0v) is 14.1. The average Bonchev–Trinajstić information content (AvgIpc) is 2.96. The van der Waals surface area contributed by atoms with Gasteiger partial charge in [-0.05, 0) is 19.1 Å². The van der Waals surface area contributed by atoms with Crippen LogP contribution in [0.25, 0.3) is 11.0 Å². The van der Waals surface area contributed by atoms with Crippen molar-refractivity contribution in [2.75, 3.05) is 19.5 Å². The first-order valence-corrected chi connectivity index (χ1v) is 7.44. The molecule has 0 amide bonds. The number of fused-ring (bicyclic) bond motifs is 1. The van der Waals surface area contributed by atoms with Crippen molar-refractivity contribution in [2.45, 2.75) is 6.92 Å². The molecule has 0 saturated heterocycles. The number of ether oxygens (including phenoxy) is 2. The van der Waals surface area contributed by atoms with E-state index in [-0.39, 0.29) is 5.56 Å². The molecule has 2 aromatic heterocycles. The highest BCUT2D eigenvalue weighted by molar-refractivity contribution is 6.34. The number of esters is 1. The molecule has 3 aromatic rings. The number of anilines is 2. The number of benzene rings is 1. The average molecular weight is 347 g/mol. The van der Waals surface area contributed by atoms with Crippen LogP contribution < -0.4 is 10.1 Å². The third kappa shape index (κ3) is 2.85. The van der Waals surface area contributed by atoms with E-state index >= 15 is 0 Å². The summed E-state index contributed by atoms with van der Waals surface area (Å²) in [5.41, 5.74) is 2.50. The molecule has 2 N–H and O–H groups in total. The number of nitrogens with one attached hydrogen (secondary N) is 2. The predicted octanol–water partition coefficient (Wildman–Crippen LogP) is 3.46. The van der Waals surface area contributed by atoms with Gasteiger partial charge in [0.2, 0.25) is 0 Å². The van der Waals surface area contributed by atoms with Gasteiger partial charge in [0, 0.05) is 11.8 Å². The molecule has 24 heavy (non-hydrogen) atoms. The second kappa shape index (κ2) is 6.37. The first kappa shape index (κ1) is 16.1. The third-order valence-corrected chi connectivity index (χ3v) is 3.82. The Morgan fingerprint density at radius 3 is 2.75 bits per heavy atom. The van der Waals surface area contributed by atoms with E-state index in [1.165, 1.54) is 26.6 Å². The lowest BCUT2D eigenvalue weighted by Crippen LogP contribution is -2.05. The van der Waals surface area contributed by atoms with Crippen molar-refractivity contribution in [1.82, 2.24) is 15.0 Å². The minimum absolute atomic E-state index is 0.251. The van der Waals surface area contributed by atoms with E-state index in [1.807, 2.05) is 13.0 Å². The van der Waals surface area contributed by atoms with Crippen LogP contribution in [0.15, 0.2) is 24.5 Å². The normalized spacial score (nSPS) is 10.7. The number of aromatic amines is 1. The lowest BCUT2D eigenvalue weighted by molar-refractivity contribution is 0.0597. The van der Waals surface area contributed by atoms with Crippen LogP contribution in [0.4, 0.5) is 11.5 Å². The van der Waals surface area contributed by atoms with Crippen LogP contribution in [-0.2, 0) is 4.74 Å². The van der Waals surface area contributed by atoms with E-state index in [2.05, 4.69) is 20.3 Å². The van der Waals surface area contributed by atoms with Crippen LogP contribution in [-0.4, -0.2) is 35.1 Å². The van der Waals surface area contributed by atoms with Gasteiger partial charge in [0.15, 0.2) is 0 Å². The molecule has 8 heteroatoms. The minimum Gasteiger partial charge on any atom is -0.496 e. The molecule has 3 rings (SSSR count). The molecule has 0 radical (unpaired) electrons. The van der Waals surface area contributed by atoms with Gasteiger partial charge in [0.1, 0.15) is 29.1 Å². The Balaban J connectivity index is 2.04. The Labute approximate surface area is 143 Å². The maximum absolute atomic E-state index is 11.8. The second-order valence-corrected chi connectivity index (χ2v) is 5.49. The number of rotatable bonds is 4. The van der Waals surface area contributed by atoms with Crippen molar-refractivity contribution in [2.24, 2.45) is 0 Å². The molecular weight excluding hydrogens is 332 g/mol. The van der Waals surface area contributed by atoms with Gasteiger partial charge in [0.25, 0.3) is 0 Å². The van der Waals surface area contributed by atoms with Gasteiger partial charge >= 0.3 is 5.97 Å². The summed E-state index contributed by atoms with van der Waals surface area (Å²) >= 11 is 6.29. The fourth-order valence-corrected chi connectivity index (χ4v) is 2.60. The Morgan fingerprint density at radius 1 is 1.25 bits per heavy atom. The molecule has 0 spiro atoms. The van der Waals surface area contributed by atoms with Gasteiger partial charge in [-0.15, -0.1) is 0 Å². The van der Waals surface area contributed by atoms with Gasteiger partial charge in [-0.2, -0.15) is 0 Å². The molecule has 0 aliphatic carbocycles. The molecule has 0 unspecified atom stereocenters. The monoisotopic (exact) mass is 346 g/mol. The van der Waals surface area contributed by atoms with Crippen molar-refractivity contribution >= 4 is 40.1 Å². The fraction of sp³-hybridized carbons (Fsp3) is 0.188. The maximum Gasteiger partial charge on any atom is 0.341 e. The summed E-state index contributed by atoms with van der Waals surface area (Å²) < 4.78 is 9.98. The zero-order valence-electron chi connectivity index (χ0n) is 13.3. The number of halogens is 1. The summed E-state index contributed by atoms with van der Waals surface area (Å²) in [7, 11) is 2.77. The molecular formula is C16H15ClN4O3. The van der Waals surface area contributed by atoms with Crippen molar-refractivity contribution in [3.63, 3.8) is 0 Å². The first-order chi connectivity index (χ1) is 11.5. The van der Waals surface area contributed by atoms with Crippen LogP contribution >= 0.6 is 11.6 Å². The van der Waals surface area contributed by atoms with Gasteiger partial charge in [-0.3, -0.25) is 0 Å². The Bertz CT molecular complexity index is 923. The highest BCUT2D eigenvalue weighted by Crippen LogP contribution is 2.34. The van der Waals surface area contributed by atoms with Crippen molar-refractivity contribution in [3.8, 4) is 5.75 Å². The van der Waals surface area contributed by atoms with Gasteiger partial charge in [-0.25, -0.2) is 14.8 Å². The van der Waals surface area contributed by atoms with E-state index in [1.54, 1.807) is 6.07 Å². The third-order valence-electron chi connectivity index (χ3n) is 3.51. The van der Waals surface area contributed by atoms with E-state index in [0.717, 1.165) is 16.7 Å². The Morgan fingerprint density at radius 2 is 2.04 bits per heavy atom. The minimum atomic E-state index is -0.522. The summed E-state index contributed by atoms with van der Waals surface area (Å²) in [6, 6.07) is 5.06. The SMILES string of the molecule is COC(=O)c1cc(Cl)c(Nc2ncnc3[nH]c(C)cc23)cc1OC. The van der Waals surface area contributed by atoms with Crippen molar-refractivity contribution in [3.05, 3.63) is 40.8 Å². The summed E-state index contributed by atoms with van der Waals surface area (Å²) in [6.45, 7) is 1.94. The maximum atomic E-state index is 11.8. The van der Waals surface area contributed by atoms with Crippen LogP contribution in [0, 0.1) is 6.92 Å². The van der Waals surface area contributed by atoms with Crippen LogP contribution in [0.2, 0.25) is 5.02 Å². The molecule has 124 valence electrons. The van der Waals surface area contributed by atoms with Crippen LogP contribution in [0.1, 0.15) is 16.1 Å². The summed E-state index contributed by atoms with van der Waals surface area (Å²) in [5, 5.41) is 4.33. The number of aromatic nitrogens is 3. The number of H-pyrrole nitrogens is 1. The standard InChI is InChI=1S/C16H15ClN4O3/c1-8-4-10-14(20-8)18-7-19-15(10)21-12-6-13(23-2)9(5-11(12)17)16(22)24-3/h4-7H,1-3H3,(H2,18,19,20,21). The molecule has 0 aliphatic heterocycles. The number of aryl methyl sites for hydroxylation is 1. The molecule has 7 nitrogen and oxygen atoms in total. The topological polar surface area (TPSA) is 89.1 Å². The molecule has 0 atom stereocenters. The molecule has 0 fully saturated rings. The second-order valence-electron chi connectivity index (χ2n) is 5.09. The number of carbonyl (C=O) groups is 1. The van der Waals surface area contributed by atoms with Crippen LogP contribution in [0.5, 0.6) is 5.75 Å². The van der Waals surface area contributed by atoms with Gasteiger partial charge in [0.05, 0.1) is 30.3 Å². The fourth-order valence-electron chi connectivity index (χ4n) is 2.39. The molecule has 0 bridgehead atoms. The first-order valence-electron chi connectivity index (χ1n) is 7.06. The van der Waals surface area contributed by atoms with Gasteiger partial charge < -0.3 is 19.8 Å². The highest BCUT2D eigenvalue weighted by atomic mass is 35.5. The number of hydrogen-bond donors (Lipinski definition) is 2. The summed E-state index contributed by atoms with van der Waals surface area (Å²) in [4.78, 5) is 23.4. The number of nitrogens with zero attached hydrogens (tertiary/aromatic N) is 2. The van der Waals surface area contributed by atoms with Crippen molar-refractivity contribution < 1.29 is 14.3 Å². The quantitative estimate of drug-likeness (QED) is 0.703. The highest BCUT2D eigenvalue weighted by Gasteiger charge is 2.17. The largest absolute Gasteiger partial charge is 0.496 e. The number of hydrogen-bond acceptors (Lipinski definition) is 6. The summed E-state index contributed by atoms with van der Waals surface area (Å²) in [6.07, 6.45) is 1.45. The lowest BCUT2D eigenvalue weighted by atomic mass is 10.1. The number of carbonyl (C=O) groups excluding carboxylic acids is 1. The summed E-state index contributed by atoms with van der Waals surface area (Å²) in [5.74, 6) is 0.425. The Hall–Kier alpha value is -2.80. The molecule has 0 saturated carbocycles. The smallest absolute Gasteiger partial charge is 0.341 e. The Kier molecular flexibility index (Phi) is 4.26. The van der Waals surface area contributed by atoms with Gasteiger partial charge in [-0.1, -0.05) is 11.6 Å². The molecule has 1 aromatic carbocycles. The van der Waals surface area contributed by atoms with E-state index in [0.29, 0.717) is 22.3 Å². The molecule has 0 aliphatic rings. The van der Waals surface area contributed by atoms with Crippen molar-refractivity contribution in [1.29, 1.82) is 0 Å². The van der Waals surface area contributed by atoms with E-state index < -0.39 is 5.97 Å².